The molecule has 2 heterocycles. The summed E-state index contributed by atoms with van der Waals surface area (Å²) in [5, 5.41) is 0. The lowest BCUT2D eigenvalue weighted by molar-refractivity contribution is 0.109. The molecule has 1 aliphatic rings. The van der Waals surface area contributed by atoms with Gasteiger partial charge in [0.2, 0.25) is 5.88 Å². The molecule has 0 aliphatic carbocycles. The van der Waals surface area contributed by atoms with Gasteiger partial charge in [-0.15, -0.1) is 0 Å². The predicted octanol–water partition coefficient (Wildman–Crippen LogP) is 1.15. The van der Waals surface area contributed by atoms with E-state index in [1.54, 1.807) is 0 Å². The maximum absolute atomic E-state index is 13.0. The Morgan fingerprint density at radius 3 is 2.88 bits per heavy atom. The zero-order valence-corrected chi connectivity index (χ0v) is 10.0. The summed E-state index contributed by atoms with van der Waals surface area (Å²) in [6.07, 6.45) is 3.28. The molecule has 2 N–H and O–H groups in total. The molecule has 0 saturated carbocycles. The van der Waals surface area contributed by atoms with Gasteiger partial charge in [0.1, 0.15) is 11.9 Å². The van der Waals surface area contributed by atoms with Crippen LogP contribution in [0.4, 0.5) is 4.39 Å². The maximum atomic E-state index is 13.0. The Balaban J connectivity index is 2.03. The molecule has 0 atom stereocenters. The molecule has 1 fully saturated rings. The van der Waals surface area contributed by atoms with Crippen LogP contribution in [0.5, 0.6) is 5.88 Å². The molecule has 17 heavy (non-hydrogen) atoms. The Kier molecular flexibility index (Phi) is 3.91. The number of hydrogen-bond donors (Lipinski definition) is 1. The van der Waals surface area contributed by atoms with Crippen molar-refractivity contribution in [2.24, 2.45) is 5.73 Å². The topological polar surface area (TPSA) is 51.4 Å². The highest BCUT2D eigenvalue weighted by molar-refractivity contribution is 5.26. The number of hydrogen-bond acceptors (Lipinski definition) is 4. The lowest BCUT2D eigenvalue weighted by Crippen LogP contribution is -2.36. The minimum absolute atomic E-state index is 0.162. The molecular formula is C12H18FN3O. The van der Waals surface area contributed by atoms with Gasteiger partial charge in [-0.1, -0.05) is 0 Å². The molecular weight excluding hydrogens is 221 g/mol. The van der Waals surface area contributed by atoms with Crippen LogP contribution in [0.15, 0.2) is 12.3 Å². The molecule has 1 aliphatic heterocycles. The molecule has 1 aromatic heterocycles. The smallest absolute Gasteiger partial charge is 0.218 e. The summed E-state index contributed by atoms with van der Waals surface area (Å²) < 4.78 is 18.8. The van der Waals surface area contributed by atoms with Gasteiger partial charge >= 0.3 is 0 Å². The third-order valence-electron chi connectivity index (χ3n) is 3.06. The third-order valence-corrected chi connectivity index (χ3v) is 3.06. The van der Waals surface area contributed by atoms with E-state index in [1.165, 1.54) is 12.3 Å². The van der Waals surface area contributed by atoms with Crippen molar-refractivity contribution in [1.29, 1.82) is 0 Å². The number of nitrogens with zero attached hydrogens (tertiary/aromatic N) is 2. The third kappa shape index (κ3) is 3.14. The van der Waals surface area contributed by atoms with E-state index in [2.05, 4.69) is 16.9 Å². The fourth-order valence-electron chi connectivity index (χ4n) is 1.98. The second-order valence-corrected chi connectivity index (χ2v) is 4.44. The average Bonchev–Trinajstić information content (AvgIpc) is 2.34. The predicted molar refractivity (Wildman–Crippen MR) is 63.2 cm³/mol. The normalized spacial score (nSPS) is 18.3. The van der Waals surface area contributed by atoms with Crippen molar-refractivity contribution < 1.29 is 9.13 Å². The van der Waals surface area contributed by atoms with Crippen LogP contribution >= 0.6 is 0 Å². The van der Waals surface area contributed by atoms with E-state index in [0.29, 0.717) is 11.4 Å². The van der Waals surface area contributed by atoms with E-state index in [1.807, 2.05) is 0 Å². The van der Waals surface area contributed by atoms with Crippen molar-refractivity contribution in [3.8, 4) is 5.88 Å². The van der Waals surface area contributed by atoms with Gasteiger partial charge in [-0.2, -0.15) is 0 Å². The van der Waals surface area contributed by atoms with E-state index >= 15 is 0 Å². The largest absolute Gasteiger partial charge is 0.474 e. The van der Waals surface area contributed by atoms with Gasteiger partial charge in [0.15, 0.2) is 0 Å². The number of aromatic nitrogens is 1. The van der Waals surface area contributed by atoms with Crippen molar-refractivity contribution in [3.05, 3.63) is 23.6 Å². The van der Waals surface area contributed by atoms with Gasteiger partial charge in [-0.3, -0.25) is 0 Å². The van der Waals surface area contributed by atoms with Gasteiger partial charge < -0.3 is 15.4 Å². The monoisotopic (exact) mass is 239 g/mol. The number of halogens is 1. The van der Waals surface area contributed by atoms with Crippen molar-refractivity contribution in [1.82, 2.24) is 9.88 Å². The molecule has 1 saturated heterocycles. The summed E-state index contributed by atoms with van der Waals surface area (Å²) in [7, 11) is 2.09. The van der Waals surface area contributed by atoms with Gasteiger partial charge in [0.25, 0.3) is 0 Å². The molecule has 0 unspecified atom stereocenters. The van der Waals surface area contributed by atoms with Crippen molar-refractivity contribution in [3.63, 3.8) is 0 Å². The Morgan fingerprint density at radius 2 is 2.24 bits per heavy atom. The Labute approximate surface area is 101 Å². The number of ether oxygens (including phenoxy) is 1. The Hall–Kier alpha value is -1.20. The molecule has 0 radical (unpaired) electrons. The average molecular weight is 239 g/mol. The molecule has 0 spiro atoms. The zero-order valence-electron chi connectivity index (χ0n) is 10.0. The van der Waals surface area contributed by atoms with Crippen LogP contribution in [0, 0.1) is 5.82 Å². The first kappa shape index (κ1) is 12.3. The summed E-state index contributed by atoms with van der Waals surface area (Å²) >= 11 is 0. The van der Waals surface area contributed by atoms with Crippen LogP contribution in [0.2, 0.25) is 0 Å². The number of piperidine rings is 1. The lowest BCUT2D eigenvalue weighted by Gasteiger charge is -2.29. The highest BCUT2D eigenvalue weighted by atomic mass is 19.1. The van der Waals surface area contributed by atoms with Crippen molar-refractivity contribution in [2.75, 3.05) is 20.1 Å². The molecule has 5 heteroatoms. The summed E-state index contributed by atoms with van der Waals surface area (Å²) in [4.78, 5) is 6.24. The molecule has 0 bridgehead atoms. The Bertz CT molecular complexity index is 378. The molecule has 0 aromatic carbocycles. The first-order valence-corrected chi connectivity index (χ1v) is 5.88. The van der Waals surface area contributed by atoms with E-state index in [-0.39, 0.29) is 18.5 Å². The number of nitrogens with two attached hydrogens (primary N) is 1. The van der Waals surface area contributed by atoms with Gasteiger partial charge in [-0.25, -0.2) is 9.37 Å². The molecule has 0 amide bonds. The number of pyridine rings is 1. The van der Waals surface area contributed by atoms with Gasteiger partial charge in [0.05, 0.1) is 6.20 Å². The fraction of sp³-hybridized carbons (Fsp3) is 0.583. The van der Waals surface area contributed by atoms with Crippen molar-refractivity contribution >= 4 is 0 Å². The highest BCUT2D eigenvalue weighted by Crippen LogP contribution is 2.20. The second-order valence-electron chi connectivity index (χ2n) is 4.44. The minimum Gasteiger partial charge on any atom is -0.474 e. The fourth-order valence-corrected chi connectivity index (χ4v) is 1.98. The van der Waals surface area contributed by atoms with E-state index < -0.39 is 0 Å². The van der Waals surface area contributed by atoms with Crippen molar-refractivity contribution in [2.45, 2.75) is 25.5 Å². The van der Waals surface area contributed by atoms with Crippen LogP contribution in [-0.4, -0.2) is 36.1 Å². The lowest BCUT2D eigenvalue weighted by atomic mass is 10.1. The van der Waals surface area contributed by atoms with Crippen LogP contribution in [0.1, 0.15) is 18.4 Å². The standard InChI is InChI=1S/C12H18FN3O/c1-16-4-2-11(3-5-16)17-12-9(7-14)6-10(13)8-15-12/h6,8,11H,2-5,7,14H2,1H3. The summed E-state index contributed by atoms with van der Waals surface area (Å²) in [5.74, 6) is 0.102. The molecule has 2 rings (SSSR count). The quantitative estimate of drug-likeness (QED) is 0.859. The second kappa shape index (κ2) is 5.42. The zero-order chi connectivity index (χ0) is 12.3. The van der Waals surface area contributed by atoms with Crippen LogP contribution in [0.3, 0.4) is 0 Å². The molecule has 94 valence electrons. The summed E-state index contributed by atoms with van der Waals surface area (Å²) in [5.41, 5.74) is 6.18. The van der Waals surface area contributed by atoms with E-state index in [0.717, 1.165) is 25.9 Å². The van der Waals surface area contributed by atoms with E-state index in [4.69, 9.17) is 10.5 Å². The highest BCUT2D eigenvalue weighted by Gasteiger charge is 2.19. The molecule has 1 aromatic rings. The van der Waals surface area contributed by atoms with Crippen LogP contribution in [0.25, 0.3) is 0 Å². The number of rotatable bonds is 3. The first-order chi connectivity index (χ1) is 8.19. The SMILES string of the molecule is CN1CCC(Oc2ncc(F)cc2CN)CC1. The number of likely N-dealkylation sites (tertiary alicyclic amines) is 1. The minimum atomic E-state index is -0.374. The van der Waals surface area contributed by atoms with Crippen LogP contribution in [-0.2, 0) is 6.54 Å². The Morgan fingerprint density at radius 1 is 1.53 bits per heavy atom. The summed E-state index contributed by atoms with van der Waals surface area (Å²) in [6, 6.07) is 1.39. The maximum Gasteiger partial charge on any atom is 0.218 e. The molecule has 4 nitrogen and oxygen atoms in total. The van der Waals surface area contributed by atoms with Gasteiger partial charge in [0, 0.05) is 25.2 Å². The van der Waals surface area contributed by atoms with Crippen LogP contribution < -0.4 is 10.5 Å². The van der Waals surface area contributed by atoms with Gasteiger partial charge in [-0.05, 0) is 26.0 Å². The summed E-state index contributed by atoms with van der Waals surface area (Å²) in [6.45, 7) is 2.28. The first-order valence-electron chi connectivity index (χ1n) is 5.88. The van der Waals surface area contributed by atoms with E-state index in [9.17, 15) is 4.39 Å².